The number of carbonyl (C=O) groups is 1. The van der Waals surface area contributed by atoms with Crippen LogP contribution < -0.4 is 10.8 Å². The number of nitrogens with zero attached hydrogens (tertiary/aromatic N) is 1. The zero-order chi connectivity index (χ0) is 18.7. The van der Waals surface area contributed by atoms with E-state index < -0.39 is 5.60 Å². The van der Waals surface area contributed by atoms with E-state index in [-0.39, 0.29) is 12.7 Å². The van der Waals surface area contributed by atoms with Crippen LogP contribution in [-0.4, -0.2) is 57.2 Å². The summed E-state index contributed by atoms with van der Waals surface area (Å²) in [6, 6.07) is 7.05. The summed E-state index contributed by atoms with van der Waals surface area (Å²) in [4.78, 5) is 19.3. The zero-order valence-electron chi connectivity index (χ0n) is 15.9. The van der Waals surface area contributed by atoms with Crippen LogP contribution in [0.25, 0.3) is 0 Å². The number of anilines is 1. The molecule has 0 aliphatic carbocycles. The molecule has 0 fully saturated rings. The van der Waals surface area contributed by atoms with Crippen LogP contribution in [0.3, 0.4) is 0 Å². The quantitative estimate of drug-likeness (QED) is 0.274. The summed E-state index contributed by atoms with van der Waals surface area (Å²) in [6.45, 7) is 7.85. The van der Waals surface area contributed by atoms with Crippen LogP contribution in [0.4, 0.5) is 5.69 Å². The van der Waals surface area contributed by atoms with Crippen molar-refractivity contribution in [3.63, 3.8) is 0 Å². The molecular weight excluding hydrogens is 322 g/mol. The Labute approximate surface area is 150 Å². The van der Waals surface area contributed by atoms with Crippen molar-refractivity contribution in [2.75, 3.05) is 46.0 Å². The van der Waals surface area contributed by atoms with E-state index in [2.05, 4.69) is 15.7 Å². The molecule has 0 amide bonds. The lowest BCUT2D eigenvalue weighted by atomic mass is 10.1. The van der Waals surface area contributed by atoms with Gasteiger partial charge in [0, 0.05) is 12.3 Å². The van der Waals surface area contributed by atoms with Gasteiger partial charge in [0.15, 0.2) is 0 Å². The highest BCUT2D eigenvalue weighted by molar-refractivity contribution is 5.90. The fourth-order valence-electron chi connectivity index (χ4n) is 1.87. The number of hydrogen-bond donors (Lipinski definition) is 2. The van der Waals surface area contributed by atoms with Crippen molar-refractivity contribution >= 4 is 11.7 Å². The molecule has 0 aromatic heterocycles. The summed E-state index contributed by atoms with van der Waals surface area (Å²) < 4.78 is 10.7. The van der Waals surface area contributed by atoms with Gasteiger partial charge in [-0.05, 0) is 72.1 Å². The summed E-state index contributed by atoms with van der Waals surface area (Å²) in [7, 11) is 4.07. The second-order valence-electron chi connectivity index (χ2n) is 6.90. The Morgan fingerprint density at radius 2 is 1.80 bits per heavy atom. The molecular formula is C18H31N3O4. The van der Waals surface area contributed by atoms with Gasteiger partial charge in [0.25, 0.3) is 0 Å². The maximum atomic E-state index is 11.9. The second-order valence-corrected chi connectivity index (χ2v) is 6.90. The predicted molar refractivity (Wildman–Crippen MR) is 98.3 cm³/mol. The van der Waals surface area contributed by atoms with E-state index in [4.69, 9.17) is 14.3 Å². The predicted octanol–water partition coefficient (Wildman–Crippen LogP) is 2.46. The first kappa shape index (κ1) is 21.4. The summed E-state index contributed by atoms with van der Waals surface area (Å²) in [6.07, 6.45) is 0.983. The molecule has 0 atom stereocenters. The number of nitrogens with one attached hydrogen (secondary N) is 2. The van der Waals surface area contributed by atoms with Crippen molar-refractivity contribution in [2.24, 2.45) is 0 Å². The third-order valence-corrected chi connectivity index (χ3v) is 3.03. The van der Waals surface area contributed by atoms with E-state index in [0.29, 0.717) is 18.9 Å². The van der Waals surface area contributed by atoms with Crippen molar-refractivity contribution in [1.29, 1.82) is 0 Å². The molecule has 142 valence electrons. The van der Waals surface area contributed by atoms with Gasteiger partial charge in [0.2, 0.25) is 0 Å². The Morgan fingerprint density at radius 3 is 2.40 bits per heavy atom. The molecule has 0 saturated heterocycles. The third-order valence-electron chi connectivity index (χ3n) is 3.03. The summed E-state index contributed by atoms with van der Waals surface area (Å²) in [5, 5.41) is 3.08. The van der Waals surface area contributed by atoms with Gasteiger partial charge in [-0.3, -0.25) is 4.84 Å². The Kier molecular flexibility index (Phi) is 9.44. The van der Waals surface area contributed by atoms with E-state index in [0.717, 1.165) is 18.7 Å². The Hall–Kier alpha value is -1.67. The summed E-state index contributed by atoms with van der Waals surface area (Å²) in [5.74, 6) is -0.330. The van der Waals surface area contributed by atoms with Crippen molar-refractivity contribution < 1.29 is 19.1 Å². The van der Waals surface area contributed by atoms with Gasteiger partial charge in [0.05, 0.1) is 5.56 Å². The van der Waals surface area contributed by atoms with Crippen LogP contribution in [0.15, 0.2) is 24.3 Å². The first-order valence-corrected chi connectivity index (χ1v) is 8.42. The molecule has 0 heterocycles. The number of ether oxygens (including phenoxy) is 2. The van der Waals surface area contributed by atoms with Crippen molar-refractivity contribution in [2.45, 2.75) is 32.8 Å². The molecule has 1 rings (SSSR count). The van der Waals surface area contributed by atoms with Gasteiger partial charge < -0.3 is 19.7 Å². The number of benzene rings is 1. The first-order valence-electron chi connectivity index (χ1n) is 8.42. The van der Waals surface area contributed by atoms with Crippen LogP contribution in [0.1, 0.15) is 37.6 Å². The maximum absolute atomic E-state index is 11.9. The van der Waals surface area contributed by atoms with E-state index in [1.807, 2.05) is 34.9 Å². The van der Waals surface area contributed by atoms with Crippen LogP contribution >= 0.6 is 0 Å². The number of esters is 1. The molecule has 1 aromatic rings. The number of rotatable bonds is 11. The second kappa shape index (κ2) is 11.0. The molecule has 0 aliphatic heterocycles. The largest absolute Gasteiger partial charge is 0.456 e. The third kappa shape index (κ3) is 10.7. The summed E-state index contributed by atoms with van der Waals surface area (Å²) in [5.41, 5.74) is 3.60. The smallest absolute Gasteiger partial charge is 0.338 e. The van der Waals surface area contributed by atoms with Crippen LogP contribution in [0, 0.1) is 0 Å². The van der Waals surface area contributed by atoms with Crippen LogP contribution in [0.5, 0.6) is 0 Å². The van der Waals surface area contributed by atoms with Gasteiger partial charge in [-0.15, -0.1) is 0 Å². The average molecular weight is 353 g/mol. The topological polar surface area (TPSA) is 72.1 Å². The van der Waals surface area contributed by atoms with Gasteiger partial charge in [-0.2, -0.15) is 5.48 Å². The Morgan fingerprint density at radius 1 is 1.12 bits per heavy atom. The van der Waals surface area contributed by atoms with E-state index in [1.54, 1.807) is 24.3 Å². The van der Waals surface area contributed by atoms with Gasteiger partial charge in [-0.25, -0.2) is 4.79 Å². The highest BCUT2D eigenvalue weighted by Crippen LogP contribution is 2.14. The fourth-order valence-corrected chi connectivity index (χ4v) is 1.87. The van der Waals surface area contributed by atoms with Gasteiger partial charge >= 0.3 is 5.97 Å². The van der Waals surface area contributed by atoms with Crippen molar-refractivity contribution in [1.82, 2.24) is 10.4 Å². The minimum atomic E-state index is -0.498. The molecule has 1 aromatic carbocycles. The molecule has 7 heteroatoms. The average Bonchev–Trinajstić information content (AvgIpc) is 2.52. The molecule has 25 heavy (non-hydrogen) atoms. The minimum absolute atomic E-state index is 0.285. The lowest BCUT2D eigenvalue weighted by Gasteiger charge is -2.19. The fraction of sp³-hybridized carbons (Fsp3) is 0.611. The molecule has 0 unspecified atom stereocenters. The highest BCUT2D eigenvalue weighted by atomic mass is 16.7. The number of hydrogen-bond acceptors (Lipinski definition) is 7. The van der Waals surface area contributed by atoms with Crippen LogP contribution in [-0.2, 0) is 14.3 Å². The first-order chi connectivity index (χ1) is 11.8. The monoisotopic (exact) mass is 353 g/mol. The normalized spacial score (nSPS) is 11.6. The highest BCUT2D eigenvalue weighted by Gasteiger charge is 2.17. The Bertz CT molecular complexity index is 498. The van der Waals surface area contributed by atoms with E-state index in [1.165, 1.54) is 0 Å². The minimum Gasteiger partial charge on any atom is -0.456 e. The van der Waals surface area contributed by atoms with E-state index in [9.17, 15) is 4.79 Å². The molecule has 2 N–H and O–H groups in total. The molecule has 0 saturated carbocycles. The number of carbonyl (C=O) groups excluding carboxylic acids is 1. The molecule has 0 bridgehead atoms. The molecule has 0 spiro atoms. The Balaban J connectivity index is 2.15. The molecule has 0 radical (unpaired) electrons. The van der Waals surface area contributed by atoms with E-state index >= 15 is 0 Å². The maximum Gasteiger partial charge on any atom is 0.338 e. The van der Waals surface area contributed by atoms with Gasteiger partial charge in [0.1, 0.15) is 19.1 Å². The molecule has 7 nitrogen and oxygen atoms in total. The standard InChI is InChI=1S/C18H31N3O4/c1-18(2,3)25-17(22)15-7-9-16(10-8-15)19-13-24-20-14-23-12-6-11-21(4)5/h7-10,19-20H,6,11-14H2,1-5H3. The van der Waals surface area contributed by atoms with Crippen LogP contribution in [0.2, 0.25) is 0 Å². The summed E-state index contributed by atoms with van der Waals surface area (Å²) >= 11 is 0. The number of hydroxylamine groups is 1. The lowest BCUT2D eigenvalue weighted by molar-refractivity contribution is -0.0270. The molecule has 0 aliphatic rings. The zero-order valence-corrected chi connectivity index (χ0v) is 15.9. The van der Waals surface area contributed by atoms with Crippen molar-refractivity contribution in [3.05, 3.63) is 29.8 Å². The van der Waals surface area contributed by atoms with Crippen molar-refractivity contribution in [3.8, 4) is 0 Å². The van der Waals surface area contributed by atoms with Gasteiger partial charge in [-0.1, -0.05) is 0 Å². The lowest BCUT2D eigenvalue weighted by Crippen LogP contribution is -2.24. The SMILES string of the molecule is CN(C)CCCOCNOCNc1ccc(C(=O)OC(C)(C)C)cc1.